The maximum absolute atomic E-state index is 11.9. The first-order valence-electron chi connectivity index (χ1n) is 6.19. The highest BCUT2D eigenvalue weighted by Gasteiger charge is 2.06. The SMILES string of the molecule is Cc1ccc(C(=O)NCCn2cc(N)cn2)cc1C. The smallest absolute Gasteiger partial charge is 0.251 e. The maximum Gasteiger partial charge on any atom is 0.251 e. The molecule has 5 nitrogen and oxygen atoms in total. The molecule has 1 heterocycles. The average Bonchev–Trinajstić information content (AvgIpc) is 2.78. The van der Waals surface area contributed by atoms with Crippen LogP contribution in [0.15, 0.2) is 30.6 Å². The van der Waals surface area contributed by atoms with E-state index in [4.69, 9.17) is 5.73 Å². The Labute approximate surface area is 112 Å². The van der Waals surface area contributed by atoms with E-state index in [1.165, 1.54) is 5.56 Å². The fraction of sp³-hybridized carbons (Fsp3) is 0.286. The zero-order chi connectivity index (χ0) is 13.8. The van der Waals surface area contributed by atoms with Gasteiger partial charge in [0.25, 0.3) is 5.91 Å². The first kappa shape index (κ1) is 13.1. The molecule has 2 aromatic rings. The Bertz CT molecular complexity index is 589. The van der Waals surface area contributed by atoms with Gasteiger partial charge >= 0.3 is 0 Å². The van der Waals surface area contributed by atoms with Crippen LogP contribution in [0.4, 0.5) is 5.69 Å². The molecule has 0 saturated carbocycles. The van der Waals surface area contributed by atoms with Crippen LogP contribution in [0.25, 0.3) is 0 Å². The highest BCUT2D eigenvalue weighted by Crippen LogP contribution is 2.09. The third-order valence-electron chi connectivity index (χ3n) is 3.05. The lowest BCUT2D eigenvalue weighted by Crippen LogP contribution is -2.27. The van der Waals surface area contributed by atoms with Gasteiger partial charge in [0.05, 0.1) is 18.4 Å². The van der Waals surface area contributed by atoms with Crippen molar-refractivity contribution in [3.05, 3.63) is 47.3 Å². The van der Waals surface area contributed by atoms with Crippen LogP contribution in [-0.2, 0) is 6.54 Å². The monoisotopic (exact) mass is 258 g/mol. The van der Waals surface area contributed by atoms with Gasteiger partial charge in [-0.3, -0.25) is 9.48 Å². The van der Waals surface area contributed by atoms with Crippen LogP contribution < -0.4 is 11.1 Å². The average molecular weight is 258 g/mol. The molecule has 1 aromatic carbocycles. The van der Waals surface area contributed by atoms with E-state index in [0.717, 1.165) is 5.56 Å². The third kappa shape index (κ3) is 3.34. The van der Waals surface area contributed by atoms with E-state index in [9.17, 15) is 4.79 Å². The second kappa shape index (κ2) is 5.56. The van der Waals surface area contributed by atoms with Crippen molar-refractivity contribution >= 4 is 11.6 Å². The summed E-state index contributed by atoms with van der Waals surface area (Å²) in [5.74, 6) is -0.0665. The first-order chi connectivity index (χ1) is 9.06. The molecular formula is C14H18N4O. The molecule has 2 rings (SSSR count). The molecule has 0 bridgehead atoms. The number of benzene rings is 1. The molecule has 0 saturated heterocycles. The number of nitrogens with one attached hydrogen (secondary N) is 1. The minimum atomic E-state index is -0.0665. The predicted octanol–water partition coefficient (Wildman–Crippen LogP) is 1.51. The van der Waals surface area contributed by atoms with Crippen molar-refractivity contribution in [1.29, 1.82) is 0 Å². The lowest BCUT2D eigenvalue weighted by molar-refractivity contribution is 0.0952. The van der Waals surface area contributed by atoms with Crippen molar-refractivity contribution in [2.24, 2.45) is 0 Å². The van der Waals surface area contributed by atoms with Gasteiger partial charge in [0.1, 0.15) is 0 Å². The van der Waals surface area contributed by atoms with Gasteiger partial charge in [-0.25, -0.2) is 0 Å². The van der Waals surface area contributed by atoms with E-state index in [1.807, 2.05) is 32.0 Å². The van der Waals surface area contributed by atoms with E-state index in [1.54, 1.807) is 17.1 Å². The summed E-state index contributed by atoms with van der Waals surface area (Å²) < 4.78 is 1.70. The van der Waals surface area contributed by atoms with Crippen molar-refractivity contribution < 1.29 is 4.79 Å². The molecule has 0 aliphatic carbocycles. The second-order valence-corrected chi connectivity index (χ2v) is 4.59. The zero-order valence-electron chi connectivity index (χ0n) is 11.2. The molecule has 1 aromatic heterocycles. The van der Waals surface area contributed by atoms with Crippen LogP contribution in [0.5, 0.6) is 0 Å². The molecule has 3 N–H and O–H groups in total. The normalized spacial score (nSPS) is 10.4. The summed E-state index contributed by atoms with van der Waals surface area (Å²) in [7, 11) is 0. The summed E-state index contributed by atoms with van der Waals surface area (Å²) >= 11 is 0. The summed E-state index contributed by atoms with van der Waals surface area (Å²) in [5.41, 5.74) is 9.17. The van der Waals surface area contributed by atoms with Crippen LogP contribution >= 0.6 is 0 Å². The summed E-state index contributed by atoms with van der Waals surface area (Å²) in [6.07, 6.45) is 3.33. The van der Waals surface area contributed by atoms with Crippen LogP contribution in [0.3, 0.4) is 0 Å². The van der Waals surface area contributed by atoms with Gasteiger partial charge in [-0.2, -0.15) is 5.10 Å². The van der Waals surface area contributed by atoms with Gasteiger partial charge in [-0.1, -0.05) is 6.07 Å². The molecule has 5 heteroatoms. The number of carbonyl (C=O) groups excluding carboxylic acids is 1. The molecule has 0 spiro atoms. The molecule has 0 atom stereocenters. The molecule has 0 aliphatic rings. The third-order valence-corrected chi connectivity index (χ3v) is 3.05. The maximum atomic E-state index is 11.9. The Morgan fingerprint density at radius 2 is 2.16 bits per heavy atom. The number of nitrogens with zero attached hydrogens (tertiary/aromatic N) is 2. The molecule has 19 heavy (non-hydrogen) atoms. The van der Waals surface area contributed by atoms with Gasteiger partial charge in [-0.05, 0) is 37.1 Å². The van der Waals surface area contributed by atoms with Crippen molar-refractivity contribution in [2.45, 2.75) is 20.4 Å². The number of aromatic nitrogens is 2. The number of nitrogen functional groups attached to an aromatic ring is 1. The standard InChI is InChI=1S/C14H18N4O/c1-10-3-4-12(7-11(10)2)14(19)16-5-6-18-9-13(15)8-17-18/h3-4,7-9H,5-6,15H2,1-2H3,(H,16,19). The fourth-order valence-electron chi connectivity index (χ4n) is 1.77. The topological polar surface area (TPSA) is 72.9 Å². The van der Waals surface area contributed by atoms with Crippen LogP contribution in [0, 0.1) is 13.8 Å². The summed E-state index contributed by atoms with van der Waals surface area (Å²) in [6, 6.07) is 5.69. The van der Waals surface area contributed by atoms with Crippen molar-refractivity contribution in [2.75, 3.05) is 12.3 Å². The zero-order valence-corrected chi connectivity index (χ0v) is 11.2. The summed E-state index contributed by atoms with van der Waals surface area (Å²) in [6.45, 7) is 5.15. The molecule has 1 amide bonds. The molecule has 0 radical (unpaired) electrons. The van der Waals surface area contributed by atoms with E-state index < -0.39 is 0 Å². The van der Waals surface area contributed by atoms with Gasteiger partial charge in [-0.15, -0.1) is 0 Å². The second-order valence-electron chi connectivity index (χ2n) is 4.59. The number of nitrogens with two attached hydrogens (primary N) is 1. The highest BCUT2D eigenvalue weighted by molar-refractivity contribution is 5.94. The number of aryl methyl sites for hydroxylation is 2. The number of hydrogen-bond acceptors (Lipinski definition) is 3. The van der Waals surface area contributed by atoms with Crippen molar-refractivity contribution in [3.8, 4) is 0 Å². The Morgan fingerprint density at radius 1 is 1.37 bits per heavy atom. The van der Waals surface area contributed by atoms with E-state index in [0.29, 0.717) is 24.3 Å². The number of carbonyl (C=O) groups is 1. The number of anilines is 1. The van der Waals surface area contributed by atoms with Gasteiger partial charge in [0.2, 0.25) is 0 Å². The molecule has 0 aliphatic heterocycles. The van der Waals surface area contributed by atoms with Gasteiger partial charge in [0.15, 0.2) is 0 Å². The summed E-state index contributed by atoms with van der Waals surface area (Å²) in [5, 5.41) is 6.91. The Kier molecular flexibility index (Phi) is 3.85. The van der Waals surface area contributed by atoms with Gasteiger partial charge in [0, 0.05) is 18.3 Å². The molecular weight excluding hydrogens is 240 g/mol. The Balaban J connectivity index is 1.89. The lowest BCUT2D eigenvalue weighted by Gasteiger charge is -2.07. The van der Waals surface area contributed by atoms with E-state index in [-0.39, 0.29) is 5.91 Å². The number of hydrogen-bond donors (Lipinski definition) is 2. The minimum Gasteiger partial charge on any atom is -0.396 e. The Hall–Kier alpha value is -2.30. The van der Waals surface area contributed by atoms with E-state index in [2.05, 4.69) is 10.4 Å². The Morgan fingerprint density at radius 3 is 2.79 bits per heavy atom. The predicted molar refractivity (Wildman–Crippen MR) is 74.9 cm³/mol. The van der Waals surface area contributed by atoms with Crippen molar-refractivity contribution in [1.82, 2.24) is 15.1 Å². The summed E-state index contributed by atoms with van der Waals surface area (Å²) in [4.78, 5) is 11.9. The van der Waals surface area contributed by atoms with Crippen LogP contribution in [0.2, 0.25) is 0 Å². The van der Waals surface area contributed by atoms with E-state index >= 15 is 0 Å². The first-order valence-corrected chi connectivity index (χ1v) is 6.19. The molecule has 0 fully saturated rings. The number of amides is 1. The van der Waals surface area contributed by atoms with Crippen LogP contribution in [0.1, 0.15) is 21.5 Å². The molecule has 0 unspecified atom stereocenters. The number of rotatable bonds is 4. The molecule has 100 valence electrons. The fourth-order valence-corrected chi connectivity index (χ4v) is 1.77. The minimum absolute atomic E-state index is 0.0665. The quantitative estimate of drug-likeness (QED) is 0.873. The lowest BCUT2D eigenvalue weighted by atomic mass is 10.1. The van der Waals surface area contributed by atoms with Crippen molar-refractivity contribution in [3.63, 3.8) is 0 Å². The van der Waals surface area contributed by atoms with Gasteiger partial charge < -0.3 is 11.1 Å². The largest absolute Gasteiger partial charge is 0.396 e. The van der Waals surface area contributed by atoms with Crippen LogP contribution in [-0.4, -0.2) is 22.2 Å². The highest BCUT2D eigenvalue weighted by atomic mass is 16.1.